The Morgan fingerprint density at radius 2 is 1.95 bits per heavy atom. The van der Waals surface area contributed by atoms with Crippen LogP contribution in [0.15, 0.2) is 36.4 Å². The Morgan fingerprint density at radius 1 is 1.25 bits per heavy atom. The minimum Gasteiger partial charge on any atom is -0.482 e. The maximum atomic E-state index is 13.3. The number of Topliss-reactive ketones (excluding diaryl/α,β-unsaturated/α-hetero) is 1. The van der Waals surface area contributed by atoms with Crippen LogP contribution in [0.2, 0.25) is 5.02 Å². The molecule has 0 bridgehead atoms. The van der Waals surface area contributed by atoms with Gasteiger partial charge < -0.3 is 10.5 Å². The molecule has 1 aliphatic rings. The normalized spacial score (nSPS) is 17.5. The van der Waals surface area contributed by atoms with E-state index in [4.69, 9.17) is 22.1 Å². The molecule has 2 aromatic carbocycles. The highest BCUT2D eigenvalue weighted by Gasteiger charge is 2.29. The van der Waals surface area contributed by atoms with Crippen LogP contribution < -0.4 is 10.5 Å². The van der Waals surface area contributed by atoms with E-state index < -0.39 is 11.9 Å². The van der Waals surface area contributed by atoms with Crippen LogP contribution >= 0.6 is 11.6 Å². The molecule has 2 aromatic rings. The van der Waals surface area contributed by atoms with Crippen LogP contribution in [0.1, 0.15) is 28.4 Å². The lowest BCUT2D eigenvalue weighted by Gasteiger charge is -2.26. The molecular weight excluding hydrogens is 281 g/mol. The highest BCUT2D eigenvalue weighted by molar-refractivity contribution is 6.30. The predicted octanol–water partition coefficient (Wildman–Crippen LogP) is 3.77. The summed E-state index contributed by atoms with van der Waals surface area (Å²) in [5, 5.41) is 0.609. The number of halogens is 2. The predicted molar refractivity (Wildman–Crippen MR) is 74.6 cm³/mol. The van der Waals surface area contributed by atoms with E-state index in [-0.39, 0.29) is 29.2 Å². The number of nitrogen functional groups attached to an aromatic ring is 1. The molecule has 0 fully saturated rings. The van der Waals surface area contributed by atoms with Gasteiger partial charge in [-0.25, -0.2) is 4.39 Å². The van der Waals surface area contributed by atoms with Gasteiger partial charge in [0.25, 0.3) is 0 Å². The fourth-order valence-corrected chi connectivity index (χ4v) is 2.40. The van der Waals surface area contributed by atoms with Gasteiger partial charge in [0.05, 0.1) is 17.7 Å². The number of carbonyl (C=O) groups excluding carboxylic acids is 1. The van der Waals surface area contributed by atoms with Crippen LogP contribution in [0.5, 0.6) is 5.75 Å². The molecule has 0 spiro atoms. The Balaban J connectivity index is 2.00. The average molecular weight is 292 g/mol. The van der Waals surface area contributed by atoms with Gasteiger partial charge in [0.15, 0.2) is 11.5 Å². The van der Waals surface area contributed by atoms with E-state index in [9.17, 15) is 9.18 Å². The fourth-order valence-electron chi connectivity index (χ4n) is 2.28. The Kier molecular flexibility index (Phi) is 3.10. The van der Waals surface area contributed by atoms with Crippen molar-refractivity contribution in [3.63, 3.8) is 0 Å². The maximum absolute atomic E-state index is 13.3. The summed E-state index contributed by atoms with van der Waals surface area (Å²) in [5.74, 6) is -0.469. The third kappa shape index (κ3) is 2.23. The topological polar surface area (TPSA) is 52.3 Å². The van der Waals surface area contributed by atoms with Crippen molar-refractivity contribution < 1.29 is 13.9 Å². The molecule has 0 radical (unpaired) electrons. The first kappa shape index (κ1) is 12.9. The van der Waals surface area contributed by atoms with E-state index in [2.05, 4.69) is 0 Å². The maximum Gasteiger partial charge on any atom is 0.170 e. The van der Waals surface area contributed by atoms with E-state index in [1.165, 1.54) is 0 Å². The van der Waals surface area contributed by atoms with Gasteiger partial charge >= 0.3 is 0 Å². The molecule has 3 nitrogen and oxygen atoms in total. The van der Waals surface area contributed by atoms with E-state index in [0.717, 1.165) is 17.7 Å². The Labute approximate surface area is 120 Å². The zero-order valence-electron chi connectivity index (χ0n) is 10.4. The summed E-state index contributed by atoms with van der Waals surface area (Å²) in [7, 11) is 0. The standard InChI is InChI=1S/C15H11ClFNO2/c16-9-3-1-8(2-4-9)14-7-13(19)11-5-10(17)6-12(18)15(11)20-14/h1-6,14H,7,18H2. The number of ketones is 1. The van der Waals surface area contributed by atoms with Gasteiger partial charge in [-0.15, -0.1) is 0 Å². The number of ether oxygens (including phenoxy) is 1. The van der Waals surface area contributed by atoms with Gasteiger partial charge in [-0.1, -0.05) is 23.7 Å². The van der Waals surface area contributed by atoms with E-state index in [0.29, 0.717) is 5.02 Å². The van der Waals surface area contributed by atoms with Gasteiger partial charge in [0.2, 0.25) is 0 Å². The minimum absolute atomic E-state index is 0.131. The number of hydrogen-bond acceptors (Lipinski definition) is 3. The molecule has 1 aliphatic heterocycles. The summed E-state index contributed by atoms with van der Waals surface area (Å²) in [6.45, 7) is 0. The molecule has 5 heteroatoms. The van der Waals surface area contributed by atoms with Gasteiger partial charge in [-0.2, -0.15) is 0 Å². The zero-order valence-corrected chi connectivity index (χ0v) is 11.2. The van der Waals surface area contributed by atoms with Crippen molar-refractivity contribution in [3.8, 4) is 5.75 Å². The molecule has 1 unspecified atom stereocenters. The molecule has 3 rings (SSSR count). The number of nitrogens with two attached hydrogens (primary N) is 1. The second-order valence-corrected chi connectivity index (χ2v) is 5.09. The van der Waals surface area contributed by atoms with E-state index in [1.807, 2.05) is 0 Å². The van der Waals surface area contributed by atoms with Crippen LogP contribution in [-0.4, -0.2) is 5.78 Å². The van der Waals surface area contributed by atoms with Crippen LogP contribution in [0.25, 0.3) is 0 Å². The Hall–Kier alpha value is -2.07. The third-order valence-corrected chi connectivity index (χ3v) is 3.51. The van der Waals surface area contributed by atoms with Crippen molar-refractivity contribution in [1.82, 2.24) is 0 Å². The molecule has 102 valence electrons. The lowest BCUT2D eigenvalue weighted by molar-refractivity contribution is 0.0850. The van der Waals surface area contributed by atoms with Crippen molar-refractivity contribution >= 4 is 23.1 Å². The Morgan fingerprint density at radius 3 is 2.65 bits per heavy atom. The molecule has 1 atom stereocenters. The second kappa shape index (κ2) is 4.80. The van der Waals surface area contributed by atoms with E-state index >= 15 is 0 Å². The van der Waals surface area contributed by atoms with Crippen molar-refractivity contribution in [1.29, 1.82) is 0 Å². The number of anilines is 1. The third-order valence-electron chi connectivity index (χ3n) is 3.26. The average Bonchev–Trinajstić information content (AvgIpc) is 2.40. The van der Waals surface area contributed by atoms with E-state index in [1.54, 1.807) is 24.3 Å². The molecule has 1 heterocycles. The quantitative estimate of drug-likeness (QED) is 0.814. The highest BCUT2D eigenvalue weighted by atomic mass is 35.5. The molecule has 0 saturated heterocycles. The molecular formula is C15H11ClFNO2. The Bertz CT molecular complexity index is 685. The van der Waals surface area contributed by atoms with Crippen molar-refractivity contribution in [2.75, 3.05) is 5.73 Å². The number of fused-ring (bicyclic) bond motifs is 1. The highest BCUT2D eigenvalue weighted by Crippen LogP contribution is 2.39. The largest absolute Gasteiger partial charge is 0.482 e. The summed E-state index contributed by atoms with van der Waals surface area (Å²) < 4.78 is 19.0. The molecule has 20 heavy (non-hydrogen) atoms. The monoisotopic (exact) mass is 291 g/mol. The second-order valence-electron chi connectivity index (χ2n) is 4.66. The molecule has 0 aromatic heterocycles. The minimum atomic E-state index is -0.539. The molecule has 0 amide bonds. The smallest absolute Gasteiger partial charge is 0.170 e. The fraction of sp³-hybridized carbons (Fsp3) is 0.133. The van der Waals surface area contributed by atoms with Crippen LogP contribution in [0, 0.1) is 5.82 Å². The van der Waals surface area contributed by atoms with Crippen LogP contribution in [-0.2, 0) is 0 Å². The molecule has 0 saturated carbocycles. The lowest BCUT2D eigenvalue weighted by Crippen LogP contribution is -2.21. The van der Waals surface area contributed by atoms with Crippen LogP contribution in [0.4, 0.5) is 10.1 Å². The summed E-state index contributed by atoms with van der Waals surface area (Å²) in [6, 6.07) is 9.36. The van der Waals surface area contributed by atoms with Crippen molar-refractivity contribution in [2.24, 2.45) is 0 Å². The van der Waals surface area contributed by atoms with Gasteiger partial charge in [0, 0.05) is 11.1 Å². The van der Waals surface area contributed by atoms with Crippen LogP contribution in [0.3, 0.4) is 0 Å². The SMILES string of the molecule is Nc1cc(F)cc2c1OC(c1ccc(Cl)cc1)CC2=O. The van der Waals surface area contributed by atoms with Gasteiger partial charge in [-0.05, 0) is 23.8 Å². The van der Waals surface area contributed by atoms with Crippen molar-refractivity contribution in [2.45, 2.75) is 12.5 Å². The lowest BCUT2D eigenvalue weighted by atomic mass is 9.95. The number of rotatable bonds is 1. The van der Waals surface area contributed by atoms with Gasteiger partial charge in [-0.3, -0.25) is 4.79 Å². The first-order valence-electron chi connectivity index (χ1n) is 6.09. The number of benzene rings is 2. The summed E-state index contributed by atoms with van der Waals surface area (Å²) >= 11 is 5.83. The summed E-state index contributed by atoms with van der Waals surface area (Å²) in [5.41, 5.74) is 6.89. The first-order chi connectivity index (χ1) is 9.54. The number of hydrogen-bond donors (Lipinski definition) is 1. The van der Waals surface area contributed by atoms with Crippen molar-refractivity contribution in [3.05, 3.63) is 58.4 Å². The summed E-state index contributed by atoms with van der Waals surface area (Å²) in [4.78, 5) is 12.1. The zero-order chi connectivity index (χ0) is 14.3. The number of carbonyl (C=O) groups is 1. The van der Waals surface area contributed by atoms with Gasteiger partial charge in [0.1, 0.15) is 11.9 Å². The molecule has 0 aliphatic carbocycles. The summed E-state index contributed by atoms with van der Waals surface area (Å²) in [6.07, 6.45) is -0.280. The first-order valence-corrected chi connectivity index (χ1v) is 6.47. The molecule has 2 N–H and O–H groups in total.